The van der Waals surface area contributed by atoms with Gasteiger partial charge in [-0.1, -0.05) is 6.92 Å². The molecule has 0 bridgehead atoms. The summed E-state index contributed by atoms with van der Waals surface area (Å²) in [5.41, 5.74) is 8.77. The van der Waals surface area contributed by atoms with Crippen LogP contribution in [0.5, 0.6) is 0 Å². The van der Waals surface area contributed by atoms with Crippen LogP contribution in [-0.2, 0) is 6.42 Å². The summed E-state index contributed by atoms with van der Waals surface area (Å²) in [5, 5.41) is 7.89. The molecule has 1 unspecified atom stereocenters. The number of hydrogen-bond donors (Lipinski definition) is 3. The van der Waals surface area contributed by atoms with E-state index < -0.39 is 0 Å². The topological polar surface area (TPSA) is 96.3 Å². The SMILES string of the molecule is CC(Cc1nccc2c(N)n[nH]c12)c1cnc[nH]1. The molecule has 0 aliphatic heterocycles. The molecule has 18 heavy (non-hydrogen) atoms. The lowest BCUT2D eigenvalue weighted by molar-refractivity contribution is 0.723. The fraction of sp³-hybridized carbons (Fsp3) is 0.250. The number of fused-ring (bicyclic) bond motifs is 1. The van der Waals surface area contributed by atoms with Gasteiger partial charge in [0, 0.05) is 29.4 Å². The molecule has 1 atom stereocenters. The number of imidazole rings is 1. The van der Waals surface area contributed by atoms with Crippen molar-refractivity contribution >= 4 is 16.7 Å². The third-order valence-electron chi connectivity index (χ3n) is 3.14. The van der Waals surface area contributed by atoms with Gasteiger partial charge >= 0.3 is 0 Å². The van der Waals surface area contributed by atoms with E-state index in [2.05, 4.69) is 32.1 Å². The first-order chi connectivity index (χ1) is 8.75. The molecule has 3 heterocycles. The number of anilines is 1. The molecule has 6 heteroatoms. The lowest BCUT2D eigenvalue weighted by Crippen LogP contribution is -2.01. The second kappa shape index (κ2) is 4.14. The average molecular weight is 242 g/mol. The standard InChI is InChI=1S/C12H14N6/c1-7(10-5-14-6-16-10)4-9-11-8(2-3-15-9)12(13)18-17-11/h2-3,5-7H,4H2,1H3,(H,14,16)(H3,13,17,18). The number of H-pyrrole nitrogens is 2. The average Bonchev–Trinajstić information content (AvgIpc) is 3.00. The minimum atomic E-state index is 0.315. The molecule has 0 spiro atoms. The third-order valence-corrected chi connectivity index (χ3v) is 3.14. The Bertz CT molecular complexity index is 654. The van der Waals surface area contributed by atoms with Crippen LogP contribution in [0.25, 0.3) is 10.9 Å². The number of hydrogen-bond acceptors (Lipinski definition) is 4. The van der Waals surface area contributed by atoms with Crippen LogP contribution in [-0.4, -0.2) is 25.1 Å². The first-order valence-electron chi connectivity index (χ1n) is 5.81. The Hall–Kier alpha value is -2.37. The van der Waals surface area contributed by atoms with Gasteiger partial charge in [0.1, 0.15) is 0 Å². The number of nitrogens with zero attached hydrogens (tertiary/aromatic N) is 3. The quantitative estimate of drug-likeness (QED) is 0.650. The Labute approximate surface area is 104 Å². The fourth-order valence-electron chi connectivity index (χ4n) is 2.11. The zero-order valence-electron chi connectivity index (χ0n) is 10.0. The Kier molecular flexibility index (Phi) is 2.47. The number of nitrogens with one attached hydrogen (secondary N) is 2. The van der Waals surface area contributed by atoms with Gasteiger partial charge in [-0.3, -0.25) is 10.1 Å². The molecule has 0 saturated heterocycles. The van der Waals surface area contributed by atoms with E-state index in [1.807, 2.05) is 12.3 Å². The number of nitrogen functional groups attached to an aromatic ring is 1. The first kappa shape index (κ1) is 10.8. The molecule has 0 aliphatic rings. The van der Waals surface area contributed by atoms with Gasteiger partial charge in [-0.05, 0) is 12.5 Å². The number of nitrogens with two attached hydrogens (primary N) is 1. The maximum Gasteiger partial charge on any atom is 0.153 e. The Morgan fingerprint density at radius 1 is 1.44 bits per heavy atom. The first-order valence-corrected chi connectivity index (χ1v) is 5.81. The van der Waals surface area contributed by atoms with Gasteiger partial charge in [-0.25, -0.2) is 4.98 Å². The highest BCUT2D eigenvalue weighted by atomic mass is 15.2. The van der Waals surface area contributed by atoms with Crippen molar-refractivity contribution < 1.29 is 0 Å². The van der Waals surface area contributed by atoms with Crippen molar-refractivity contribution in [1.29, 1.82) is 0 Å². The monoisotopic (exact) mass is 242 g/mol. The van der Waals surface area contributed by atoms with Gasteiger partial charge in [0.15, 0.2) is 5.82 Å². The zero-order chi connectivity index (χ0) is 12.5. The Morgan fingerprint density at radius 3 is 3.11 bits per heavy atom. The van der Waals surface area contributed by atoms with Gasteiger partial charge in [-0.2, -0.15) is 5.10 Å². The van der Waals surface area contributed by atoms with E-state index in [9.17, 15) is 0 Å². The van der Waals surface area contributed by atoms with Crippen LogP contribution >= 0.6 is 0 Å². The minimum Gasteiger partial charge on any atom is -0.382 e. The minimum absolute atomic E-state index is 0.315. The van der Waals surface area contributed by atoms with Crippen LogP contribution < -0.4 is 5.73 Å². The largest absolute Gasteiger partial charge is 0.382 e. The molecule has 6 nitrogen and oxygen atoms in total. The number of aromatic amines is 2. The van der Waals surface area contributed by atoms with Crippen molar-refractivity contribution in [2.45, 2.75) is 19.3 Å². The number of rotatable bonds is 3. The summed E-state index contributed by atoms with van der Waals surface area (Å²) in [6.45, 7) is 2.13. The van der Waals surface area contributed by atoms with Crippen molar-refractivity contribution in [3.63, 3.8) is 0 Å². The summed E-state index contributed by atoms with van der Waals surface area (Å²) in [4.78, 5) is 11.6. The van der Waals surface area contributed by atoms with Gasteiger partial charge in [0.05, 0.1) is 17.5 Å². The summed E-state index contributed by atoms with van der Waals surface area (Å²) in [6, 6.07) is 1.87. The van der Waals surface area contributed by atoms with Crippen molar-refractivity contribution in [2.24, 2.45) is 0 Å². The van der Waals surface area contributed by atoms with Crippen molar-refractivity contribution in [3.8, 4) is 0 Å². The smallest absolute Gasteiger partial charge is 0.153 e. The second-order valence-electron chi connectivity index (χ2n) is 4.40. The Morgan fingerprint density at radius 2 is 2.33 bits per heavy atom. The summed E-state index contributed by atoms with van der Waals surface area (Å²) in [7, 11) is 0. The molecule has 0 radical (unpaired) electrons. The molecule has 0 amide bonds. The molecular formula is C12H14N6. The van der Waals surface area contributed by atoms with E-state index in [1.54, 1.807) is 12.5 Å². The highest BCUT2D eigenvalue weighted by Gasteiger charge is 2.13. The lowest BCUT2D eigenvalue weighted by atomic mass is 10.0. The van der Waals surface area contributed by atoms with Gasteiger partial charge in [0.2, 0.25) is 0 Å². The molecule has 3 rings (SSSR count). The molecule has 0 aromatic carbocycles. The van der Waals surface area contributed by atoms with Gasteiger partial charge in [-0.15, -0.1) is 0 Å². The van der Waals surface area contributed by atoms with E-state index in [0.29, 0.717) is 11.7 Å². The molecule has 0 aliphatic carbocycles. The zero-order valence-corrected chi connectivity index (χ0v) is 10.0. The Balaban J connectivity index is 1.95. The summed E-state index contributed by atoms with van der Waals surface area (Å²) < 4.78 is 0. The van der Waals surface area contributed by atoms with E-state index in [-0.39, 0.29) is 0 Å². The predicted molar refractivity (Wildman–Crippen MR) is 69.0 cm³/mol. The molecule has 0 saturated carbocycles. The van der Waals surface area contributed by atoms with Gasteiger partial charge in [0.25, 0.3) is 0 Å². The fourth-order valence-corrected chi connectivity index (χ4v) is 2.11. The van der Waals surface area contributed by atoms with Crippen LogP contribution in [0.4, 0.5) is 5.82 Å². The van der Waals surface area contributed by atoms with E-state index in [1.165, 1.54) is 0 Å². The molecule has 92 valence electrons. The van der Waals surface area contributed by atoms with Crippen LogP contribution in [0, 0.1) is 0 Å². The van der Waals surface area contributed by atoms with Crippen molar-refractivity contribution in [3.05, 3.63) is 36.2 Å². The highest BCUT2D eigenvalue weighted by molar-refractivity contribution is 5.89. The lowest BCUT2D eigenvalue weighted by Gasteiger charge is -2.08. The van der Waals surface area contributed by atoms with E-state index >= 15 is 0 Å². The molecule has 0 fully saturated rings. The van der Waals surface area contributed by atoms with Crippen LogP contribution in [0.2, 0.25) is 0 Å². The number of pyridine rings is 1. The normalized spacial score (nSPS) is 12.9. The predicted octanol–water partition coefficient (Wildman–Crippen LogP) is 1.61. The maximum absolute atomic E-state index is 5.78. The van der Waals surface area contributed by atoms with Crippen LogP contribution in [0.15, 0.2) is 24.8 Å². The second-order valence-corrected chi connectivity index (χ2v) is 4.40. The van der Waals surface area contributed by atoms with Crippen molar-refractivity contribution in [2.75, 3.05) is 5.73 Å². The van der Waals surface area contributed by atoms with Crippen molar-refractivity contribution in [1.82, 2.24) is 25.1 Å². The van der Waals surface area contributed by atoms with Crippen LogP contribution in [0.1, 0.15) is 24.2 Å². The number of aromatic nitrogens is 5. The summed E-state index contributed by atoms with van der Waals surface area (Å²) in [6.07, 6.45) is 6.10. The highest BCUT2D eigenvalue weighted by Crippen LogP contribution is 2.24. The third kappa shape index (κ3) is 1.71. The summed E-state index contributed by atoms with van der Waals surface area (Å²) >= 11 is 0. The molecule has 3 aromatic rings. The molecular weight excluding hydrogens is 228 g/mol. The van der Waals surface area contributed by atoms with Crippen LogP contribution in [0.3, 0.4) is 0 Å². The van der Waals surface area contributed by atoms with E-state index in [0.717, 1.165) is 28.7 Å². The summed E-state index contributed by atoms with van der Waals surface area (Å²) in [5.74, 6) is 0.831. The maximum atomic E-state index is 5.78. The molecule has 4 N–H and O–H groups in total. The van der Waals surface area contributed by atoms with Gasteiger partial charge < -0.3 is 10.7 Å². The van der Waals surface area contributed by atoms with E-state index in [4.69, 9.17) is 5.73 Å². The molecule has 3 aromatic heterocycles.